The highest BCUT2D eigenvalue weighted by molar-refractivity contribution is 4.90. The number of hydrogen-bond donors (Lipinski definition) is 8. The fourth-order valence-electron chi connectivity index (χ4n) is 3.24. The van der Waals surface area contributed by atoms with E-state index < -0.39 is 80.4 Å². The predicted molar refractivity (Wildman–Crippen MR) is 83.2 cm³/mol. The average Bonchev–Trinajstić information content (AvgIpc) is 3.21. The Kier molecular flexibility index (Phi) is 7.20. The monoisotopic (exact) mass is 414 g/mol. The van der Waals surface area contributed by atoms with Gasteiger partial charge in [-0.15, -0.1) is 0 Å². The largest absolute Gasteiger partial charge is 0.394 e. The molecule has 0 aromatic heterocycles. The summed E-state index contributed by atoms with van der Waals surface area (Å²) in [7, 11) is 0. The van der Waals surface area contributed by atoms with Crippen molar-refractivity contribution in [2.24, 2.45) is 0 Å². The first-order valence-corrected chi connectivity index (χ1v) is 8.81. The molecule has 3 rings (SSSR count). The van der Waals surface area contributed by atoms with Gasteiger partial charge in [0.05, 0.1) is 19.8 Å². The molecule has 12 atom stereocenters. The van der Waals surface area contributed by atoms with Gasteiger partial charge in [-0.2, -0.15) is 0 Å². The molecule has 0 saturated carbocycles. The van der Waals surface area contributed by atoms with Crippen LogP contribution >= 0.6 is 0 Å². The Morgan fingerprint density at radius 1 is 0.536 bits per heavy atom. The third-order valence-electron chi connectivity index (χ3n) is 5.00. The number of aliphatic hydroxyl groups excluding tert-OH is 8. The summed E-state index contributed by atoms with van der Waals surface area (Å²) >= 11 is 0. The van der Waals surface area contributed by atoms with Crippen LogP contribution in [0.3, 0.4) is 0 Å². The second-order valence-corrected chi connectivity index (χ2v) is 6.94. The van der Waals surface area contributed by atoms with Gasteiger partial charge in [-0.3, -0.25) is 0 Å². The van der Waals surface area contributed by atoms with Gasteiger partial charge in [-0.1, -0.05) is 0 Å². The van der Waals surface area contributed by atoms with Crippen LogP contribution in [0, 0.1) is 0 Å². The van der Waals surface area contributed by atoms with E-state index in [0.29, 0.717) is 0 Å². The van der Waals surface area contributed by atoms with Gasteiger partial charge in [-0.05, 0) is 0 Å². The van der Waals surface area contributed by atoms with Crippen molar-refractivity contribution in [2.75, 3.05) is 19.8 Å². The summed E-state index contributed by atoms with van der Waals surface area (Å²) in [6.07, 6.45) is -15.8. The van der Waals surface area contributed by atoms with Crippen LogP contribution in [0.1, 0.15) is 0 Å². The van der Waals surface area contributed by atoms with Crippen LogP contribution in [-0.4, -0.2) is 134 Å². The third kappa shape index (κ3) is 4.32. The van der Waals surface area contributed by atoms with Gasteiger partial charge < -0.3 is 64.5 Å². The maximum Gasteiger partial charge on any atom is 0.186 e. The lowest BCUT2D eigenvalue weighted by atomic mass is 10.1. The summed E-state index contributed by atoms with van der Waals surface area (Å²) in [5.74, 6) is 0. The lowest BCUT2D eigenvalue weighted by Crippen LogP contribution is -2.39. The van der Waals surface area contributed by atoms with Crippen molar-refractivity contribution in [3.63, 3.8) is 0 Å². The van der Waals surface area contributed by atoms with Crippen molar-refractivity contribution >= 4 is 0 Å². The van der Waals surface area contributed by atoms with Crippen LogP contribution in [-0.2, 0) is 23.7 Å². The SMILES string of the molecule is OC[C@@H]1O[C@@H](OC[C@@H]2O[C@@H](OC[C@@H]3O[C@@H](O)[C@H](O)[C@H]3O)[C@H](O)[C@H]2O)[C@H](O)[C@H]1O. The maximum atomic E-state index is 10.1. The van der Waals surface area contributed by atoms with Crippen LogP contribution in [0.15, 0.2) is 0 Å². The first kappa shape index (κ1) is 22.2. The van der Waals surface area contributed by atoms with E-state index in [1.165, 1.54) is 0 Å². The molecule has 3 aliphatic heterocycles. The van der Waals surface area contributed by atoms with Gasteiger partial charge >= 0.3 is 0 Å². The summed E-state index contributed by atoms with van der Waals surface area (Å²) in [6, 6.07) is 0. The van der Waals surface area contributed by atoms with Crippen molar-refractivity contribution in [1.82, 2.24) is 0 Å². The number of ether oxygens (including phenoxy) is 5. The number of rotatable bonds is 7. The Morgan fingerprint density at radius 3 is 1.39 bits per heavy atom. The molecule has 3 fully saturated rings. The fourth-order valence-corrected chi connectivity index (χ4v) is 3.24. The summed E-state index contributed by atoms with van der Waals surface area (Å²) < 4.78 is 25.9. The predicted octanol–water partition coefficient (Wildman–Crippen LogP) is -5.66. The maximum absolute atomic E-state index is 10.1. The standard InChI is InChI=1S/C15H26O13/c16-1-4-7(17)11(21)14(27-4)25-3-6-9(19)12(22)15(28-6)24-2-5-8(18)10(20)13(23)26-5/h4-23H,1-3H2/t4-,5-,6-,7-,8-,9-,10+,11+,12+,13+,14+,15+/m0/s1. The molecule has 0 bridgehead atoms. The number of hydrogen-bond acceptors (Lipinski definition) is 13. The molecule has 0 unspecified atom stereocenters. The molecule has 0 aromatic carbocycles. The van der Waals surface area contributed by atoms with Gasteiger partial charge in [0.25, 0.3) is 0 Å². The van der Waals surface area contributed by atoms with E-state index in [1.54, 1.807) is 0 Å². The van der Waals surface area contributed by atoms with Crippen LogP contribution in [0.5, 0.6) is 0 Å². The lowest BCUT2D eigenvalue weighted by Gasteiger charge is -2.20. The van der Waals surface area contributed by atoms with Gasteiger partial charge in [-0.25, -0.2) is 0 Å². The van der Waals surface area contributed by atoms with Crippen LogP contribution < -0.4 is 0 Å². The minimum atomic E-state index is -1.57. The second-order valence-electron chi connectivity index (χ2n) is 6.94. The third-order valence-corrected chi connectivity index (χ3v) is 5.00. The lowest BCUT2D eigenvalue weighted by molar-refractivity contribution is -0.215. The molecular weight excluding hydrogens is 388 g/mol. The molecule has 28 heavy (non-hydrogen) atoms. The van der Waals surface area contributed by atoms with Gasteiger partial charge in [0.2, 0.25) is 0 Å². The summed E-state index contributed by atoms with van der Waals surface area (Å²) in [5.41, 5.74) is 0. The van der Waals surface area contributed by atoms with Crippen molar-refractivity contribution in [3.05, 3.63) is 0 Å². The Balaban J connectivity index is 1.46. The highest BCUT2D eigenvalue weighted by Gasteiger charge is 2.48. The van der Waals surface area contributed by atoms with Gasteiger partial charge in [0.1, 0.15) is 54.9 Å². The first-order valence-electron chi connectivity index (χ1n) is 8.81. The zero-order valence-electron chi connectivity index (χ0n) is 14.7. The second kappa shape index (κ2) is 9.09. The average molecular weight is 414 g/mol. The van der Waals surface area contributed by atoms with Gasteiger partial charge in [0, 0.05) is 0 Å². The van der Waals surface area contributed by atoms with Crippen LogP contribution in [0.4, 0.5) is 0 Å². The molecule has 164 valence electrons. The molecule has 3 heterocycles. The van der Waals surface area contributed by atoms with Crippen molar-refractivity contribution in [1.29, 1.82) is 0 Å². The van der Waals surface area contributed by atoms with E-state index in [1.807, 2.05) is 0 Å². The van der Waals surface area contributed by atoms with E-state index in [2.05, 4.69) is 0 Å². The van der Waals surface area contributed by atoms with Crippen molar-refractivity contribution < 1.29 is 64.5 Å². The zero-order valence-corrected chi connectivity index (χ0v) is 14.7. The molecule has 0 aromatic rings. The summed E-state index contributed by atoms with van der Waals surface area (Å²) in [6.45, 7) is -1.19. The molecule has 13 heteroatoms. The molecule has 0 spiro atoms. The first-order chi connectivity index (χ1) is 13.2. The van der Waals surface area contributed by atoms with E-state index in [9.17, 15) is 35.7 Å². The molecule has 0 aliphatic carbocycles. The minimum Gasteiger partial charge on any atom is -0.394 e. The Bertz CT molecular complexity index is 508. The highest BCUT2D eigenvalue weighted by Crippen LogP contribution is 2.27. The molecule has 3 aliphatic rings. The van der Waals surface area contributed by atoms with E-state index >= 15 is 0 Å². The molecule has 13 nitrogen and oxygen atoms in total. The van der Waals surface area contributed by atoms with E-state index in [4.69, 9.17) is 28.8 Å². The van der Waals surface area contributed by atoms with E-state index in [-0.39, 0.29) is 13.2 Å². The van der Waals surface area contributed by atoms with Crippen molar-refractivity contribution in [3.8, 4) is 0 Å². The smallest absolute Gasteiger partial charge is 0.186 e. The van der Waals surface area contributed by atoms with Crippen LogP contribution in [0.2, 0.25) is 0 Å². The van der Waals surface area contributed by atoms with Crippen LogP contribution in [0.25, 0.3) is 0 Å². The Morgan fingerprint density at radius 2 is 0.964 bits per heavy atom. The highest BCUT2D eigenvalue weighted by atomic mass is 16.7. The van der Waals surface area contributed by atoms with E-state index in [0.717, 1.165) is 0 Å². The minimum absolute atomic E-state index is 0.329. The fraction of sp³-hybridized carbons (Fsp3) is 1.00. The quantitative estimate of drug-likeness (QED) is 0.196. The van der Waals surface area contributed by atoms with Gasteiger partial charge in [0.15, 0.2) is 18.9 Å². The Hall–Kier alpha value is -0.520. The normalized spacial score (nSPS) is 51.9. The molecule has 8 N–H and O–H groups in total. The number of aliphatic hydroxyl groups is 8. The molecule has 0 amide bonds. The summed E-state index contributed by atoms with van der Waals surface area (Å²) in [4.78, 5) is 0. The molecule has 0 radical (unpaired) electrons. The summed E-state index contributed by atoms with van der Waals surface area (Å²) in [5, 5.41) is 77.1. The molecular formula is C15H26O13. The van der Waals surface area contributed by atoms with Crippen molar-refractivity contribution in [2.45, 2.75) is 73.8 Å². The topological polar surface area (TPSA) is 208 Å². The Labute approximate surface area is 159 Å². The molecule has 3 saturated heterocycles. The zero-order chi connectivity index (χ0) is 20.6.